The summed E-state index contributed by atoms with van der Waals surface area (Å²) < 4.78 is 0. The number of amidine groups is 1. The second kappa shape index (κ2) is 6.79. The molecule has 6 heteroatoms. The molecule has 2 rings (SSSR count). The van der Waals surface area contributed by atoms with E-state index in [-0.39, 0.29) is 5.84 Å². The standard InChI is InChI=1S/C14H21ClN4O/c1-2-3-10-5-8-19(9-6-10)14-12(15)11(4-7-17-14)13(16)18-20/h4,7,10,20H,2-3,5-6,8-9H2,1H3,(H2,16,18). The Morgan fingerprint density at radius 3 is 2.85 bits per heavy atom. The molecule has 1 aromatic heterocycles. The third-order valence-corrected chi connectivity index (χ3v) is 4.24. The zero-order chi connectivity index (χ0) is 14.5. The minimum Gasteiger partial charge on any atom is -0.409 e. The maximum atomic E-state index is 8.78. The zero-order valence-corrected chi connectivity index (χ0v) is 12.5. The van der Waals surface area contributed by atoms with Crippen molar-refractivity contribution in [3.8, 4) is 0 Å². The Morgan fingerprint density at radius 1 is 1.55 bits per heavy atom. The largest absolute Gasteiger partial charge is 0.409 e. The van der Waals surface area contributed by atoms with Gasteiger partial charge in [-0.15, -0.1) is 0 Å². The molecule has 2 heterocycles. The number of rotatable bonds is 4. The molecule has 3 N–H and O–H groups in total. The van der Waals surface area contributed by atoms with Crippen molar-refractivity contribution in [1.82, 2.24) is 4.98 Å². The van der Waals surface area contributed by atoms with Gasteiger partial charge in [0.2, 0.25) is 0 Å². The van der Waals surface area contributed by atoms with Crippen LogP contribution in [0.15, 0.2) is 17.4 Å². The van der Waals surface area contributed by atoms with Gasteiger partial charge in [0.1, 0.15) is 5.82 Å². The van der Waals surface area contributed by atoms with Crippen molar-refractivity contribution in [3.63, 3.8) is 0 Å². The Morgan fingerprint density at radius 2 is 2.25 bits per heavy atom. The van der Waals surface area contributed by atoms with Crippen molar-refractivity contribution in [2.45, 2.75) is 32.6 Å². The number of oxime groups is 1. The number of nitrogens with zero attached hydrogens (tertiary/aromatic N) is 3. The van der Waals surface area contributed by atoms with Gasteiger partial charge in [0.15, 0.2) is 5.84 Å². The van der Waals surface area contributed by atoms with E-state index in [1.807, 2.05) is 0 Å². The molecule has 0 aromatic carbocycles. The first-order valence-corrected chi connectivity index (χ1v) is 7.42. The topological polar surface area (TPSA) is 74.7 Å². The molecular formula is C14H21ClN4O. The van der Waals surface area contributed by atoms with Crippen LogP contribution in [0.25, 0.3) is 0 Å². The Labute approximate surface area is 124 Å². The smallest absolute Gasteiger partial charge is 0.171 e. The molecule has 1 aliphatic rings. The minimum atomic E-state index is 0.0134. The van der Waals surface area contributed by atoms with Gasteiger partial charge in [-0.1, -0.05) is 36.5 Å². The highest BCUT2D eigenvalue weighted by Gasteiger charge is 2.22. The summed E-state index contributed by atoms with van der Waals surface area (Å²) in [4.78, 5) is 6.54. The summed E-state index contributed by atoms with van der Waals surface area (Å²) in [5.41, 5.74) is 6.15. The van der Waals surface area contributed by atoms with Crippen LogP contribution in [-0.2, 0) is 0 Å². The fourth-order valence-corrected chi connectivity index (χ4v) is 3.07. The third kappa shape index (κ3) is 3.15. The minimum absolute atomic E-state index is 0.0134. The molecule has 0 spiro atoms. The summed E-state index contributed by atoms with van der Waals surface area (Å²) in [6.45, 7) is 4.14. The molecule has 20 heavy (non-hydrogen) atoms. The molecule has 0 aliphatic carbocycles. The predicted molar refractivity (Wildman–Crippen MR) is 81.6 cm³/mol. The van der Waals surface area contributed by atoms with Crippen molar-refractivity contribution in [2.24, 2.45) is 16.8 Å². The van der Waals surface area contributed by atoms with E-state index in [0.29, 0.717) is 10.6 Å². The monoisotopic (exact) mass is 296 g/mol. The van der Waals surface area contributed by atoms with Crippen molar-refractivity contribution >= 4 is 23.3 Å². The van der Waals surface area contributed by atoms with Crippen molar-refractivity contribution < 1.29 is 5.21 Å². The van der Waals surface area contributed by atoms with Crippen LogP contribution in [0.3, 0.4) is 0 Å². The molecule has 0 radical (unpaired) electrons. The second-order valence-corrected chi connectivity index (χ2v) is 5.58. The molecule has 0 saturated carbocycles. The normalized spacial score (nSPS) is 17.5. The average Bonchev–Trinajstić information content (AvgIpc) is 2.48. The Hall–Kier alpha value is -1.49. The van der Waals surface area contributed by atoms with E-state index in [1.165, 1.54) is 25.7 Å². The zero-order valence-electron chi connectivity index (χ0n) is 11.7. The lowest BCUT2D eigenvalue weighted by molar-refractivity contribution is 0.318. The van der Waals surface area contributed by atoms with Crippen LogP contribution in [0.2, 0.25) is 5.02 Å². The van der Waals surface area contributed by atoms with Crippen LogP contribution in [0, 0.1) is 5.92 Å². The van der Waals surface area contributed by atoms with Crippen LogP contribution >= 0.6 is 11.6 Å². The number of aromatic nitrogens is 1. The van der Waals surface area contributed by atoms with Gasteiger partial charge < -0.3 is 15.8 Å². The van der Waals surface area contributed by atoms with Gasteiger partial charge in [0, 0.05) is 24.8 Å². The summed E-state index contributed by atoms with van der Waals surface area (Å²) in [7, 11) is 0. The first-order chi connectivity index (χ1) is 9.67. The maximum absolute atomic E-state index is 8.78. The van der Waals surface area contributed by atoms with Crippen molar-refractivity contribution in [2.75, 3.05) is 18.0 Å². The fraction of sp³-hybridized carbons (Fsp3) is 0.571. The van der Waals surface area contributed by atoms with Gasteiger partial charge in [0.25, 0.3) is 0 Å². The van der Waals surface area contributed by atoms with Crippen LogP contribution in [0.5, 0.6) is 0 Å². The van der Waals surface area contributed by atoms with E-state index in [9.17, 15) is 0 Å². The number of hydrogen-bond donors (Lipinski definition) is 2. The summed E-state index contributed by atoms with van der Waals surface area (Å²) in [5, 5.41) is 12.2. The van der Waals surface area contributed by atoms with Crippen LogP contribution in [-0.4, -0.2) is 29.1 Å². The summed E-state index contributed by atoms with van der Waals surface area (Å²) in [6, 6.07) is 1.66. The molecule has 5 nitrogen and oxygen atoms in total. The van der Waals surface area contributed by atoms with Crippen LogP contribution in [0.4, 0.5) is 5.82 Å². The van der Waals surface area contributed by atoms with Gasteiger partial charge in [-0.3, -0.25) is 0 Å². The summed E-state index contributed by atoms with van der Waals surface area (Å²) in [6.07, 6.45) is 6.51. The van der Waals surface area contributed by atoms with Crippen LogP contribution in [0.1, 0.15) is 38.2 Å². The number of anilines is 1. The van der Waals surface area contributed by atoms with E-state index in [1.54, 1.807) is 12.3 Å². The molecule has 0 amide bonds. The summed E-state index contributed by atoms with van der Waals surface area (Å²) in [5.74, 6) is 1.55. The molecule has 1 aromatic rings. The van der Waals surface area contributed by atoms with Gasteiger partial charge in [-0.25, -0.2) is 4.98 Å². The number of nitrogens with two attached hydrogens (primary N) is 1. The first kappa shape index (κ1) is 14.9. The second-order valence-electron chi connectivity index (χ2n) is 5.20. The molecule has 0 atom stereocenters. The average molecular weight is 297 g/mol. The first-order valence-electron chi connectivity index (χ1n) is 7.04. The van der Waals surface area contributed by atoms with E-state index >= 15 is 0 Å². The molecule has 1 saturated heterocycles. The number of pyridine rings is 1. The lowest BCUT2D eigenvalue weighted by Crippen LogP contribution is -2.34. The molecular weight excluding hydrogens is 276 g/mol. The number of halogens is 1. The van der Waals surface area contributed by atoms with Crippen molar-refractivity contribution in [3.05, 3.63) is 22.8 Å². The van der Waals surface area contributed by atoms with E-state index in [2.05, 4.69) is 22.0 Å². The molecule has 0 bridgehead atoms. The Balaban J connectivity index is 2.14. The predicted octanol–water partition coefficient (Wildman–Crippen LogP) is 2.85. The highest BCUT2D eigenvalue weighted by atomic mass is 35.5. The summed E-state index contributed by atoms with van der Waals surface area (Å²) >= 11 is 6.34. The van der Waals surface area contributed by atoms with Gasteiger partial charge in [-0.2, -0.15) is 0 Å². The highest BCUT2D eigenvalue weighted by molar-refractivity contribution is 6.36. The molecule has 1 fully saturated rings. The lowest BCUT2D eigenvalue weighted by Gasteiger charge is -2.33. The lowest BCUT2D eigenvalue weighted by atomic mass is 9.92. The van der Waals surface area contributed by atoms with Gasteiger partial charge in [0.05, 0.1) is 5.02 Å². The Kier molecular flexibility index (Phi) is 5.06. The maximum Gasteiger partial charge on any atom is 0.171 e. The van der Waals surface area contributed by atoms with Gasteiger partial charge in [-0.05, 0) is 24.8 Å². The molecule has 0 unspecified atom stereocenters. The third-order valence-electron chi connectivity index (χ3n) is 3.87. The van der Waals surface area contributed by atoms with E-state index < -0.39 is 0 Å². The Bertz CT molecular complexity index is 484. The molecule has 1 aliphatic heterocycles. The highest BCUT2D eigenvalue weighted by Crippen LogP contribution is 2.31. The quantitative estimate of drug-likeness (QED) is 0.388. The number of hydrogen-bond acceptors (Lipinski definition) is 4. The molecule has 110 valence electrons. The van der Waals surface area contributed by atoms with Gasteiger partial charge >= 0.3 is 0 Å². The number of piperidine rings is 1. The SMILES string of the molecule is CCCC1CCN(c2nccc(/C(N)=N/O)c2Cl)CC1. The van der Waals surface area contributed by atoms with Crippen molar-refractivity contribution in [1.29, 1.82) is 0 Å². The van der Waals surface area contributed by atoms with E-state index in [0.717, 1.165) is 24.8 Å². The van der Waals surface area contributed by atoms with Crippen LogP contribution < -0.4 is 10.6 Å². The van der Waals surface area contributed by atoms with E-state index in [4.69, 9.17) is 22.5 Å². The fourth-order valence-electron chi connectivity index (χ4n) is 2.75.